The van der Waals surface area contributed by atoms with Crippen LogP contribution in [0, 0.1) is 0 Å². The van der Waals surface area contributed by atoms with Crippen molar-refractivity contribution in [2.24, 2.45) is 0 Å². The molecule has 0 aliphatic heterocycles. The molecule has 0 radical (unpaired) electrons. The van der Waals surface area contributed by atoms with E-state index in [9.17, 15) is 5.11 Å². The predicted molar refractivity (Wildman–Crippen MR) is 65.9 cm³/mol. The van der Waals surface area contributed by atoms with Gasteiger partial charge in [-0.2, -0.15) is 5.10 Å². The van der Waals surface area contributed by atoms with Crippen LogP contribution in [-0.4, -0.2) is 14.9 Å². The smallest absolute Gasteiger partial charge is 0.139 e. The summed E-state index contributed by atoms with van der Waals surface area (Å²) in [6.07, 6.45) is 1.57. The molecule has 0 aliphatic rings. The van der Waals surface area contributed by atoms with Gasteiger partial charge in [0.25, 0.3) is 0 Å². The highest BCUT2D eigenvalue weighted by Crippen LogP contribution is 2.35. The molecule has 1 atom stereocenters. The second kappa shape index (κ2) is 4.20. The monoisotopic (exact) mass is 256 g/mol. The van der Waals surface area contributed by atoms with Crippen LogP contribution < -0.4 is 0 Å². The van der Waals surface area contributed by atoms with E-state index in [4.69, 9.17) is 11.6 Å². The van der Waals surface area contributed by atoms with Gasteiger partial charge in [-0.25, -0.2) is 0 Å². The van der Waals surface area contributed by atoms with E-state index < -0.39 is 5.60 Å². The molecule has 0 spiro atoms. The van der Waals surface area contributed by atoms with Crippen LogP contribution >= 0.6 is 22.9 Å². The van der Waals surface area contributed by atoms with Crippen molar-refractivity contribution in [1.29, 1.82) is 0 Å². The predicted octanol–water partition coefficient (Wildman–Crippen LogP) is 2.87. The Balaban J connectivity index is 2.54. The van der Waals surface area contributed by atoms with Gasteiger partial charge in [0.1, 0.15) is 5.60 Å². The summed E-state index contributed by atoms with van der Waals surface area (Å²) < 4.78 is 1.72. The summed E-state index contributed by atoms with van der Waals surface area (Å²) >= 11 is 7.59. The van der Waals surface area contributed by atoms with E-state index >= 15 is 0 Å². The van der Waals surface area contributed by atoms with Crippen molar-refractivity contribution in [1.82, 2.24) is 9.78 Å². The van der Waals surface area contributed by atoms with Crippen LogP contribution in [0.15, 0.2) is 23.7 Å². The van der Waals surface area contributed by atoms with Crippen molar-refractivity contribution >= 4 is 22.9 Å². The van der Waals surface area contributed by atoms with Gasteiger partial charge in [-0.1, -0.05) is 17.7 Å². The molecule has 2 aromatic rings. The lowest BCUT2D eigenvalue weighted by atomic mass is 10.0. The summed E-state index contributed by atoms with van der Waals surface area (Å²) in [5, 5.41) is 17.2. The zero-order valence-electron chi connectivity index (χ0n) is 9.14. The Kier molecular flexibility index (Phi) is 3.06. The van der Waals surface area contributed by atoms with Crippen molar-refractivity contribution in [3.63, 3.8) is 0 Å². The number of aromatic nitrogens is 2. The van der Waals surface area contributed by atoms with Crippen molar-refractivity contribution in [2.75, 3.05) is 0 Å². The first-order valence-electron chi connectivity index (χ1n) is 5.05. The van der Waals surface area contributed by atoms with Crippen LogP contribution in [0.4, 0.5) is 0 Å². The molecular weight excluding hydrogens is 244 g/mol. The van der Waals surface area contributed by atoms with E-state index in [0.29, 0.717) is 17.3 Å². The van der Waals surface area contributed by atoms with Crippen LogP contribution in [-0.2, 0) is 12.1 Å². The van der Waals surface area contributed by atoms with Crippen molar-refractivity contribution in [3.8, 4) is 0 Å². The van der Waals surface area contributed by atoms with Gasteiger partial charge in [-0.15, -0.1) is 11.3 Å². The van der Waals surface area contributed by atoms with Gasteiger partial charge in [0.05, 0.1) is 16.9 Å². The molecule has 1 unspecified atom stereocenters. The van der Waals surface area contributed by atoms with Gasteiger partial charge >= 0.3 is 0 Å². The molecule has 0 amide bonds. The molecule has 0 aliphatic carbocycles. The highest BCUT2D eigenvalue weighted by molar-refractivity contribution is 7.10. The number of halogens is 1. The molecule has 1 N–H and O–H groups in total. The second-order valence-electron chi connectivity index (χ2n) is 3.71. The van der Waals surface area contributed by atoms with Crippen LogP contribution in [0.5, 0.6) is 0 Å². The summed E-state index contributed by atoms with van der Waals surface area (Å²) in [6, 6.07) is 3.81. The van der Waals surface area contributed by atoms with Gasteiger partial charge in [0, 0.05) is 11.4 Å². The SMILES string of the molecule is CCn1ncc(Cl)c1C(C)(O)c1cccs1. The van der Waals surface area contributed by atoms with E-state index in [2.05, 4.69) is 5.10 Å². The Morgan fingerprint density at radius 1 is 1.62 bits per heavy atom. The fraction of sp³-hybridized carbons (Fsp3) is 0.364. The fourth-order valence-corrected chi connectivity index (χ4v) is 2.87. The van der Waals surface area contributed by atoms with Crippen LogP contribution in [0.3, 0.4) is 0 Å². The Morgan fingerprint density at radius 3 is 2.94 bits per heavy atom. The highest BCUT2D eigenvalue weighted by Gasteiger charge is 2.32. The number of aliphatic hydroxyl groups is 1. The van der Waals surface area contributed by atoms with Crippen molar-refractivity contribution in [2.45, 2.75) is 26.0 Å². The third kappa shape index (κ3) is 1.77. The van der Waals surface area contributed by atoms with Gasteiger partial charge in [-0.3, -0.25) is 4.68 Å². The molecule has 2 rings (SSSR count). The van der Waals surface area contributed by atoms with Crippen molar-refractivity contribution in [3.05, 3.63) is 39.3 Å². The first-order chi connectivity index (χ1) is 7.57. The number of rotatable bonds is 3. The molecule has 0 saturated carbocycles. The Bertz CT molecular complexity index is 476. The van der Waals surface area contributed by atoms with Gasteiger partial charge < -0.3 is 5.11 Å². The zero-order valence-corrected chi connectivity index (χ0v) is 10.7. The van der Waals surface area contributed by atoms with Gasteiger partial charge in [0.15, 0.2) is 0 Å². The maximum absolute atomic E-state index is 10.6. The summed E-state index contributed by atoms with van der Waals surface area (Å²) in [5.74, 6) is 0. The molecular formula is C11H13ClN2OS. The average Bonchev–Trinajstić information content (AvgIpc) is 2.85. The number of thiophene rings is 1. The standard InChI is InChI=1S/C11H13ClN2OS/c1-3-14-10(8(12)7-13-14)11(2,15)9-5-4-6-16-9/h4-7,15H,3H2,1-2H3. The van der Waals surface area contributed by atoms with E-state index in [1.54, 1.807) is 17.8 Å². The van der Waals surface area contributed by atoms with Crippen molar-refractivity contribution < 1.29 is 5.11 Å². The zero-order chi connectivity index (χ0) is 11.8. The van der Waals surface area contributed by atoms with Gasteiger partial charge in [-0.05, 0) is 25.3 Å². The van der Waals surface area contributed by atoms with E-state index in [-0.39, 0.29) is 0 Å². The van der Waals surface area contributed by atoms with E-state index in [0.717, 1.165) is 4.88 Å². The Morgan fingerprint density at radius 2 is 2.38 bits per heavy atom. The summed E-state index contributed by atoms with van der Waals surface area (Å²) in [7, 11) is 0. The van der Waals surface area contributed by atoms with E-state index in [1.807, 2.05) is 24.4 Å². The third-order valence-corrected chi connectivity index (χ3v) is 3.91. The lowest BCUT2D eigenvalue weighted by molar-refractivity contribution is 0.0957. The van der Waals surface area contributed by atoms with Gasteiger partial charge in [0.2, 0.25) is 0 Å². The molecule has 0 bridgehead atoms. The highest BCUT2D eigenvalue weighted by atomic mass is 35.5. The molecule has 0 saturated heterocycles. The number of nitrogens with zero attached hydrogens (tertiary/aromatic N) is 2. The minimum atomic E-state index is -1.09. The normalized spacial score (nSPS) is 15.0. The molecule has 2 aromatic heterocycles. The fourth-order valence-electron chi connectivity index (χ4n) is 1.76. The topological polar surface area (TPSA) is 38.0 Å². The van der Waals surface area contributed by atoms with Crippen LogP contribution in [0.25, 0.3) is 0 Å². The number of hydrogen-bond acceptors (Lipinski definition) is 3. The Hall–Kier alpha value is -0.840. The molecule has 86 valence electrons. The van der Waals surface area contributed by atoms with Crippen LogP contribution in [0.1, 0.15) is 24.4 Å². The molecule has 3 nitrogen and oxygen atoms in total. The molecule has 2 heterocycles. The molecule has 16 heavy (non-hydrogen) atoms. The van der Waals surface area contributed by atoms with Crippen LogP contribution in [0.2, 0.25) is 5.02 Å². The summed E-state index contributed by atoms with van der Waals surface area (Å²) in [5.41, 5.74) is -0.434. The minimum Gasteiger partial charge on any atom is -0.378 e. The second-order valence-corrected chi connectivity index (χ2v) is 5.06. The maximum atomic E-state index is 10.6. The lowest BCUT2D eigenvalue weighted by Gasteiger charge is -2.23. The molecule has 0 fully saturated rings. The average molecular weight is 257 g/mol. The maximum Gasteiger partial charge on any atom is 0.139 e. The lowest BCUT2D eigenvalue weighted by Crippen LogP contribution is -2.26. The summed E-state index contributed by atoms with van der Waals surface area (Å²) in [4.78, 5) is 0.865. The number of aryl methyl sites for hydroxylation is 1. The largest absolute Gasteiger partial charge is 0.378 e. The molecule has 5 heteroatoms. The molecule has 0 aromatic carbocycles. The number of hydrogen-bond donors (Lipinski definition) is 1. The summed E-state index contributed by atoms with van der Waals surface area (Å²) in [6.45, 7) is 4.40. The van der Waals surface area contributed by atoms with E-state index in [1.165, 1.54) is 11.3 Å². The quantitative estimate of drug-likeness (QED) is 0.917. The Labute approximate surface area is 103 Å². The first kappa shape index (κ1) is 11.6. The first-order valence-corrected chi connectivity index (χ1v) is 6.31. The minimum absolute atomic E-state index is 0.500. The third-order valence-electron chi connectivity index (χ3n) is 2.56.